The predicted octanol–water partition coefficient (Wildman–Crippen LogP) is 4.02. The van der Waals surface area contributed by atoms with E-state index in [-0.39, 0.29) is 5.25 Å². The fraction of sp³-hybridized carbons (Fsp3) is 1.00. The Balaban J connectivity index is 2.90. The highest BCUT2D eigenvalue weighted by molar-refractivity contribution is 8.24. The Kier molecular flexibility index (Phi) is 13.1. The Bertz CT molecular complexity index is 88.1. The zero-order valence-electron chi connectivity index (χ0n) is 6.56. The molecule has 0 nitrogen and oxygen atoms in total. The lowest BCUT2D eigenvalue weighted by molar-refractivity contribution is 1.17. The van der Waals surface area contributed by atoms with E-state index in [2.05, 4.69) is 0 Å². The average molecular weight is 276 g/mol. The van der Waals surface area contributed by atoms with E-state index < -0.39 is 0 Å². The molecule has 0 aromatic rings. The second-order valence-electron chi connectivity index (χ2n) is 1.92. The molecule has 12 heavy (non-hydrogen) atoms. The molecule has 0 aliphatic rings. The van der Waals surface area contributed by atoms with E-state index >= 15 is 0 Å². The number of thioether (sulfide) groups is 3. The molecule has 0 amide bonds. The minimum absolute atomic E-state index is 0.275. The van der Waals surface area contributed by atoms with Crippen LogP contribution in [0, 0.1) is 0 Å². The van der Waals surface area contributed by atoms with Crippen LogP contribution in [0.15, 0.2) is 0 Å². The lowest BCUT2D eigenvalue weighted by Gasteiger charge is -2.04. The summed E-state index contributed by atoms with van der Waals surface area (Å²) < 4.78 is 0. The Morgan fingerprint density at radius 1 is 1.00 bits per heavy atom. The van der Waals surface area contributed by atoms with Gasteiger partial charge in [0.05, 0.1) is 5.08 Å². The van der Waals surface area contributed by atoms with Crippen molar-refractivity contribution in [2.24, 2.45) is 0 Å². The van der Waals surface area contributed by atoms with Gasteiger partial charge in [-0.3, -0.25) is 0 Å². The molecule has 0 aromatic heterocycles. The summed E-state index contributed by atoms with van der Waals surface area (Å²) in [5.41, 5.74) is 0. The molecule has 0 N–H and O–H groups in total. The largest absolute Gasteiger partial charge is 0.150 e. The minimum atomic E-state index is 0.275. The molecule has 0 spiro atoms. The molecule has 0 fully saturated rings. The number of rotatable bonds is 8. The highest BCUT2D eigenvalue weighted by Gasteiger charge is 2.00. The normalized spacial score (nSPS) is 13.2. The summed E-state index contributed by atoms with van der Waals surface area (Å²) >= 11 is 20.3. The quantitative estimate of drug-likeness (QED) is 0.485. The fourth-order valence-electron chi connectivity index (χ4n) is 0.414. The Hall–Kier alpha value is 2.10. The predicted molar refractivity (Wildman–Crippen MR) is 73.7 cm³/mol. The summed E-state index contributed by atoms with van der Waals surface area (Å²) in [6.07, 6.45) is 0. The molecule has 0 saturated carbocycles. The molecular formula is C6H11S6. The molecule has 1 atom stereocenters. The highest BCUT2D eigenvalue weighted by Crippen LogP contribution is 2.19. The maximum atomic E-state index is 5.08. The number of hydrogen-bond acceptors (Lipinski definition) is 3. The Labute approximate surface area is 104 Å². The van der Waals surface area contributed by atoms with E-state index in [0.29, 0.717) is 5.75 Å². The number of hydrogen-bond donors (Lipinski definition) is 0. The van der Waals surface area contributed by atoms with Crippen LogP contribution in [0.2, 0.25) is 0 Å². The van der Waals surface area contributed by atoms with Crippen LogP contribution in [0.3, 0.4) is 0 Å². The van der Waals surface area contributed by atoms with Gasteiger partial charge in [0.1, 0.15) is 0 Å². The van der Waals surface area contributed by atoms with Crippen molar-refractivity contribution in [3.05, 3.63) is 0 Å². The SMILES string of the molecule is [S]CSCSCSCC([S])C[S]. The summed E-state index contributed by atoms with van der Waals surface area (Å²) in [6.45, 7) is 0. The van der Waals surface area contributed by atoms with E-state index in [1.807, 2.05) is 23.5 Å². The Morgan fingerprint density at radius 2 is 1.67 bits per heavy atom. The summed E-state index contributed by atoms with van der Waals surface area (Å²) in [5, 5.41) is 3.29. The smallest absolute Gasteiger partial charge is 0.0504 e. The first kappa shape index (κ1) is 14.1. The van der Waals surface area contributed by atoms with Gasteiger partial charge in [-0.1, -0.05) is 37.9 Å². The van der Waals surface area contributed by atoms with Crippen LogP contribution in [0.5, 0.6) is 0 Å². The van der Waals surface area contributed by atoms with Crippen molar-refractivity contribution in [3.63, 3.8) is 0 Å². The molecule has 0 aliphatic carbocycles. The third kappa shape index (κ3) is 10.2. The van der Waals surface area contributed by atoms with Crippen molar-refractivity contribution in [2.75, 3.05) is 26.8 Å². The lowest BCUT2D eigenvalue weighted by atomic mass is 10.6. The molecule has 71 valence electrons. The van der Waals surface area contributed by atoms with Crippen LogP contribution in [0.1, 0.15) is 0 Å². The van der Waals surface area contributed by atoms with E-state index in [0.717, 1.165) is 21.0 Å². The maximum absolute atomic E-state index is 5.08. The van der Waals surface area contributed by atoms with Crippen molar-refractivity contribution in [2.45, 2.75) is 5.25 Å². The van der Waals surface area contributed by atoms with Gasteiger partial charge in [-0.15, -0.1) is 35.3 Å². The van der Waals surface area contributed by atoms with Gasteiger partial charge in [0.15, 0.2) is 0 Å². The van der Waals surface area contributed by atoms with Crippen LogP contribution in [-0.4, -0.2) is 32.0 Å². The fourth-order valence-corrected chi connectivity index (χ4v) is 4.45. The van der Waals surface area contributed by atoms with Gasteiger partial charge < -0.3 is 0 Å². The van der Waals surface area contributed by atoms with Crippen LogP contribution in [-0.2, 0) is 0 Å². The monoisotopic (exact) mass is 275 g/mol. The minimum Gasteiger partial charge on any atom is -0.150 e. The highest BCUT2D eigenvalue weighted by atomic mass is 32.2. The van der Waals surface area contributed by atoms with Gasteiger partial charge in [0.2, 0.25) is 0 Å². The standard InChI is InChI=1S/C6H11S6/c7-1-6(9)2-10-4-12-5-11-3-8/h6H,1-5H2. The molecule has 0 aromatic carbocycles. The zero-order valence-corrected chi connectivity index (χ0v) is 11.5. The van der Waals surface area contributed by atoms with Crippen LogP contribution in [0.4, 0.5) is 0 Å². The van der Waals surface area contributed by atoms with Crippen molar-refractivity contribution >= 4 is 73.2 Å². The third-order valence-electron chi connectivity index (χ3n) is 0.906. The van der Waals surface area contributed by atoms with Crippen LogP contribution < -0.4 is 0 Å². The molecule has 1 unspecified atom stereocenters. The van der Waals surface area contributed by atoms with E-state index in [4.69, 9.17) is 37.9 Å². The molecular weight excluding hydrogens is 264 g/mol. The third-order valence-corrected chi connectivity index (χ3v) is 6.04. The summed E-state index contributed by atoms with van der Waals surface area (Å²) in [4.78, 5) is 0. The lowest BCUT2D eigenvalue weighted by Crippen LogP contribution is -2.03. The van der Waals surface area contributed by atoms with Gasteiger partial charge in [0, 0.05) is 26.9 Å². The molecule has 6 heteroatoms. The zero-order chi connectivity index (χ0) is 9.23. The molecule has 0 aliphatic heterocycles. The Morgan fingerprint density at radius 3 is 2.25 bits per heavy atom. The van der Waals surface area contributed by atoms with E-state index in [1.165, 1.54) is 0 Å². The average Bonchev–Trinajstić information content (AvgIpc) is 2.10. The molecule has 0 saturated heterocycles. The molecule has 0 heterocycles. The van der Waals surface area contributed by atoms with Gasteiger partial charge >= 0.3 is 0 Å². The van der Waals surface area contributed by atoms with E-state index in [9.17, 15) is 0 Å². The van der Waals surface area contributed by atoms with Crippen LogP contribution >= 0.6 is 73.2 Å². The summed E-state index contributed by atoms with van der Waals surface area (Å²) in [6, 6.07) is 0. The van der Waals surface area contributed by atoms with Crippen molar-refractivity contribution in [3.8, 4) is 0 Å². The molecule has 0 rings (SSSR count). The van der Waals surface area contributed by atoms with Crippen molar-refractivity contribution in [1.29, 1.82) is 0 Å². The maximum Gasteiger partial charge on any atom is 0.0504 e. The first-order chi connectivity index (χ1) is 5.81. The second-order valence-corrected chi connectivity index (χ2v) is 7.31. The summed E-state index contributed by atoms with van der Waals surface area (Å²) in [5.74, 6) is 1.72. The summed E-state index contributed by atoms with van der Waals surface area (Å²) in [7, 11) is 0. The van der Waals surface area contributed by atoms with Gasteiger partial charge in [-0.2, -0.15) is 0 Å². The van der Waals surface area contributed by atoms with Gasteiger partial charge in [-0.25, -0.2) is 0 Å². The van der Waals surface area contributed by atoms with Crippen LogP contribution in [0.25, 0.3) is 0 Å². The van der Waals surface area contributed by atoms with Crippen molar-refractivity contribution < 1.29 is 0 Å². The topological polar surface area (TPSA) is 0 Å². The first-order valence-corrected chi connectivity index (χ1v) is 8.45. The van der Waals surface area contributed by atoms with E-state index in [1.54, 1.807) is 11.8 Å². The van der Waals surface area contributed by atoms with Gasteiger partial charge in [0.25, 0.3) is 0 Å². The van der Waals surface area contributed by atoms with Gasteiger partial charge in [-0.05, 0) is 0 Å². The second kappa shape index (κ2) is 11.2. The molecule has 0 bridgehead atoms. The first-order valence-electron chi connectivity index (χ1n) is 3.36. The molecule has 3 radical (unpaired) electrons. The van der Waals surface area contributed by atoms with Crippen molar-refractivity contribution in [1.82, 2.24) is 0 Å².